The van der Waals surface area contributed by atoms with Crippen molar-refractivity contribution in [3.63, 3.8) is 0 Å². The number of benzene rings is 18. The minimum Gasteiger partial charge on any atom is -0.310 e. The summed E-state index contributed by atoms with van der Waals surface area (Å²) >= 11 is 0. The molecule has 2 aliphatic heterocycles. The molecule has 2 aromatic heterocycles. The number of fused-ring (bicyclic) bond motifs is 10. The molecule has 22 rings (SSSR count). The van der Waals surface area contributed by atoms with E-state index >= 15 is 0 Å². The van der Waals surface area contributed by atoms with Crippen molar-refractivity contribution in [3.8, 4) is 112 Å². The van der Waals surface area contributed by atoms with E-state index in [0.29, 0.717) is 0 Å². The Morgan fingerprint density at radius 3 is 0.693 bits per heavy atom. The van der Waals surface area contributed by atoms with Gasteiger partial charge >= 0.3 is 0 Å². The topological polar surface area (TPSA) is 16.3 Å². The fourth-order valence-corrected chi connectivity index (χ4v) is 21.5. The summed E-state index contributed by atoms with van der Waals surface area (Å²) < 4.78 is 5.18. The standard InChI is InChI=1S/C132H119BN4/c1-127(2,3)98-57-65-116-110(78-98)111-79-99(128(4,5)6)58-66-117(111)134(116)104-61-63-114-120(82-104)136(125-106(92-49-31-45-88(69-92)84-37-23-19-24-38-84)53-35-54-107(125)93-50-32-46-89(70-93)85-39-25-20-26-40-85)122-75-97(96-73-102(131(13,14)15)77-103(74-96)132(16,17)18)76-123-124(122)133(114)115-64-62-105(135-118-67-59-100(129(7,8)9)80-112(118)113-81-101(130(10,11)12)60-68-119(113)135)83-121(115)137(123)126-108(94-51-33-47-90(71-94)86-41-27-21-28-42-86)55-36-56-109(126)95-52-34-48-91(72-95)87-43-29-22-30-44-87/h19-83H,1-18H3. The number of para-hydroxylation sites is 2. The van der Waals surface area contributed by atoms with Crippen LogP contribution < -0.4 is 26.2 Å². The van der Waals surface area contributed by atoms with E-state index in [9.17, 15) is 0 Å². The van der Waals surface area contributed by atoms with Gasteiger partial charge in [0.2, 0.25) is 0 Å². The Bertz CT molecular complexity index is 7360. The van der Waals surface area contributed by atoms with Crippen LogP contribution >= 0.6 is 0 Å². The summed E-state index contributed by atoms with van der Waals surface area (Å²) in [6.07, 6.45) is 0. The predicted octanol–water partition coefficient (Wildman–Crippen LogP) is 34.8. The van der Waals surface area contributed by atoms with E-state index in [1.54, 1.807) is 0 Å². The van der Waals surface area contributed by atoms with Gasteiger partial charge in [-0.2, -0.15) is 0 Å². The summed E-state index contributed by atoms with van der Waals surface area (Å²) in [4.78, 5) is 5.56. The molecule has 670 valence electrons. The lowest BCUT2D eigenvalue weighted by Crippen LogP contribution is -2.61. The van der Waals surface area contributed by atoms with Crippen molar-refractivity contribution in [2.24, 2.45) is 0 Å². The van der Waals surface area contributed by atoms with Gasteiger partial charge < -0.3 is 18.9 Å². The summed E-state index contributed by atoms with van der Waals surface area (Å²) in [5.41, 5.74) is 44.0. The van der Waals surface area contributed by atoms with Crippen molar-refractivity contribution in [1.82, 2.24) is 9.13 Å². The van der Waals surface area contributed by atoms with E-state index in [1.165, 1.54) is 71.3 Å². The Labute approximate surface area is 810 Å². The maximum absolute atomic E-state index is 2.78. The maximum Gasteiger partial charge on any atom is 0.252 e. The number of aromatic nitrogens is 2. The fraction of sp³-hybridized carbons (Fsp3) is 0.182. The molecule has 0 unspecified atom stereocenters. The molecule has 5 heteroatoms. The van der Waals surface area contributed by atoms with E-state index in [4.69, 9.17) is 0 Å². The Morgan fingerprint density at radius 2 is 0.423 bits per heavy atom. The molecule has 137 heavy (non-hydrogen) atoms. The van der Waals surface area contributed by atoms with Crippen molar-refractivity contribution in [1.29, 1.82) is 0 Å². The van der Waals surface area contributed by atoms with Crippen LogP contribution in [0.25, 0.3) is 155 Å². The first-order valence-electron chi connectivity index (χ1n) is 49.0. The molecule has 0 saturated heterocycles. The lowest BCUT2D eigenvalue weighted by molar-refractivity contribution is 0.569. The van der Waals surface area contributed by atoms with Crippen molar-refractivity contribution in [2.45, 2.75) is 157 Å². The van der Waals surface area contributed by atoms with Crippen LogP contribution in [-0.4, -0.2) is 15.8 Å². The first-order valence-corrected chi connectivity index (χ1v) is 49.0. The number of nitrogens with zero attached hydrogens (tertiary/aromatic N) is 4. The molecule has 20 aromatic rings. The number of hydrogen-bond donors (Lipinski definition) is 0. The smallest absolute Gasteiger partial charge is 0.252 e. The predicted molar refractivity (Wildman–Crippen MR) is 590 cm³/mol. The van der Waals surface area contributed by atoms with Crippen molar-refractivity contribution in [2.75, 3.05) is 9.80 Å². The Kier molecular flexibility index (Phi) is 21.1. The maximum atomic E-state index is 2.78. The van der Waals surface area contributed by atoms with Gasteiger partial charge in [-0.15, -0.1) is 0 Å². The van der Waals surface area contributed by atoms with E-state index in [0.717, 1.165) is 168 Å². The van der Waals surface area contributed by atoms with Gasteiger partial charge in [-0.25, -0.2) is 0 Å². The zero-order valence-electron chi connectivity index (χ0n) is 82.4. The third kappa shape index (κ3) is 15.7. The number of anilines is 6. The lowest BCUT2D eigenvalue weighted by atomic mass is 9.33. The van der Waals surface area contributed by atoms with Crippen molar-refractivity contribution >= 4 is 101 Å². The lowest BCUT2D eigenvalue weighted by Gasteiger charge is -2.46. The molecule has 18 aromatic carbocycles. The summed E-state index contributed by atoms with van der Waals surface area (Å²) in [6.45, 7) is 42.1. The first kappa shape index (κ1) is 87.6. The van der Waals surface area contributed by atoms with E-state index in [2.05, 4.69) is 538 Å². The summed E-state index contributed by atoms with van der Waals surface area (Å²) in [5, 5.41) is 4.97. The van der Waals surface area contributed by atoms with Gasteiger partial charge in [0.05, 0.1) is 33.4 Å². The van der Waals surface area contributed by atoms with Crippen LogP contribution in [0.1, 0.15) is 158 Å². The summed E-state index contributed by atoms with van der Waals surface area (Å²) in [7, 11) is 0. The Morgan fingerprint density at radius 1 is 0.175 bits per heavy atom. The van der Waals surface area contributed by atoms with Crippen LogP contribution in [-0.2, 0) is 32.5 Å². The van der Waals surface area contributed by atoms with Crippen molar-refractivity contribution in [3.05, 3.63) is 428 Å². The second-order valence-corrected chi connectivity index (χ2v) is 44.6. The fourth-order valence-electron chi connectivity index (χ4n) is 21.5. The van der Waals surface area contributed by atoms with Gasteiger partial charge in [0, 0.05) is 77.9 Å². The van der Waals surface area contributed by atoms with Gasteiger partial charge in [-0.05, 0) is 269 Å². The SMILES string of the molecule is CC(C)(C)c1cc(-c2cc3c4c(c2)N(c2c(-c5cccc(-c6ccccc6)c5)cccc2-c2cccc(-c5ccccc5)c2)c2cc(-n5c6ccc(C(C)(C)C)cc6c6cc(C(C)(C)C)ccc65)ccc2B4c2ccc(-n4c5ccc(C(C)(C)C)cc5c5cc(C(C)(C)C)ccc54)cc2N3c2c(-c3cccc(-c4ccccc4)c3)cccc2-c2cccc(-c3ccccc3)c2)cc(C(C)(C)C)c1. The molecular formula is C132H119BN4. The van der Waals surface area contributed by atoms with Gasteiger partial charge in [0.25, 0.3) is 6.71 Å². The Balaban J connectivity index is 0.941. The minimum absolute atomic E-state index is 0.108. The molecule has 2 aliphatic rings. The van der Waals surface area contributed by atoms with Gasteiger partial charge in [0.1, 0.15) is 0 Å². The molecule has 0 radical (unpaired) electrons. The quantitative estimate of drug-likeness (QED) is 0.107. The van der Waals surface area contributed by atoms with Crippen LogP contribution in [0.15, 0.2) is 394 Å². The largest absolute Gasteiger partial charge is 0.310 e. The molecule has 0 aliphatic carbocycles. The monoisotopic (exact) mass is 1770 g/mol. The highest BCUT2D eigenvalue weighted by Crippen LogP contribution is 2.57. The number of rotatable bonds is 13. The Hall–Kier alpha value is -14.8. The second-order valence-electron chi connectivity index (χ2n) is 44.6. The average molecular weight is 1770 g/mol. The average Bonchev–Trinajstić information content (AvgIpc) is 1.10. The highest BCUT2D eigenvalue weighted by molar-refractivity contribution is 7.00. The highest BCUT2D eigenvalue weighted by Gasteiger charge is 2.47. The molecule has 0 spiro atoms. The van der Waals surface area contributed by atoms with E-state index < -0.39 is 0 Å². The van der Waals surface area contributed by atoms with Crippen LogP contribution in [0.2, 0.25) is 0 Å². The third-order valence-corrected chi connectivity index (χ3v) is 29.2. The van der Waals surface area contributed by atoms with Gasteiger partial charge in [0.15, 0.2) is 0 Å². The number of hydrogen-bond acceptors (Lipinski definition) is 2. The van der Waals surface area contributed by atoms with Gasteiger partial charge in [-0.3, -0.25) is 0 Å². The molecule has 0 saturated carbocycles. The zero-order valence-corrected chi connectivity index (χ0v) is 82.4. The molecule has 0 fully saturated rings. The summed E-state index contributed by atoms with van der Waals surface area (Å²) in [6, 6.07) is 153. The van der Waals surface area contributed by atoms with E-state index in [1.807, 2.05) is 0 Å². The zero-order chi connectivity index (χ0) is 94.7. The first-order chi connectivity index (χ1) is 65.7. The van der Waals surface area contributed by atoms with Gasteiger partial charge in [-0.1, -0.05) is 410 Å². The van der Waals surface area contributed by atoms with E-state index in [-0.39, 0.29) is 39.2 Å². The van der Waals surface area contributed by atoms with Crippen LogP contribution in [0.4, 0.5) is 34.1 Å². The molecule has 4 heterocycles. The summed E-state index contributed by atoms with van der Waals surface area (Å²) in [5.74, 6) is 0. The molecule has 0 bridgehead atoms. The van der Waals surface area contributed by atoms with Crippen LogP contribution in [0.3, 0.4) is 0 Å². The molecule has 4 nitrogen and oxygen atoms in total. The molecular weight excluding hydrogens is 1650 g/mol. The molecule has 0 N–H and O–H groups in total. The van der Waals surface area contributed by atoms with Crippen LogP contribution in [0, 0.1) is 0 Å². The third-order valence-electron chi connectivity index (χ3n) is 29.2. The normalized spacial score (nSPS) is 13.0. The second kappa shape index (κ2) is 33.1. The molecule has 0 atom stereocenters. The molecule has 0 amide bonds. The minimum atomic E-state index is -0.374. The van der Waals surface area contributed by atoms with Crippen molar-refractivity contribution < 1.29 is 0 Å². The highest BCUT2D eigenvalue weighted by atomic mass is 15.2. The van der Waals surface area contributed by atoms with Crippen LogP contribution in [0.5, 0.6) is 0 Å².